The summed E-state index contributed by atoms with van der Waals surface area (Å²) in [6, 6.07) is 9.36. The number of carbonyl (C=O) groups excluding carboxylic acids is 2. The highest BCUT2D eigenvalue weighted by Crippen LogP contribution is 2.35. The fourth-order valence-electron chi connectivity index (χ4n) is 3.51. The number of hydrogen-bond acceptors (Lipinski definition) is 4. The first-order chi connectivity index (χ1) is 15.3. The van der Waals surface area contributed by atoms with Gasteiger partial charge in [-0.05, 0) is 36.2 Å². The molecule has 0 fully saturated rings. The van der Waals surface area contributed by atoms with Gasteiger partial charge in [-0.2, -0.15) is 0 Å². The van der Waals surface area contributed by atoms with Crippen molar-refractivity contribution in [3.8, 4) is 5.75 Å². The summed E-state index contributed by atoms with van der Waals surface area (Å²) in [6.45, 7) is 2.81. The molecule has 0 saturated carbocycles. The molecule has 1 N–H and O–H groups in total. The molecule has 0 aliphatic carbocycles. The molecule has 1 unspecified atom stereocenters. The topological polar surface area (TPSA) is 67.9 Å². The van der Waals surface area contributed by atoms with E-state index in [0.717, 1.165) is 5.56 Å². The van der Waals surface area contributed by atoms with E-state index in [1.165, 1.54) is 23.2 Å². The molecular weight excluding hydrogens is 435 g/mol. The summed E-state index contributed by atoms with van der Waals surface area (Å²) in [7, 11) is 3.21. The molecule has 1 atom stereocenters. The lowest BCUT2D eigenvalue weighted by Crippen LogP contribution is -2.33. The third-order valence-electron chi connectivity index (χ3n) is 5.27. The van der Waals surface area contributed by atoms with Gasteiger partial charge in [-0.3, -0.25) is 9.59 Å². The molecule has 1 aliphatic heterocycles. The van der Waals surface area contributed by atoms with Crippen LogP contribution in [0.25, 0.3) is 0 Å². The van der Waals surface area contributed by atoms with E-state index in [1.54, 1.807) is 38.4 Å². The van der Waals surface area contributed by atoms with Crippen LogP contribution in [-0.2, 0) is 14.3 Å². The molecule has 2 aromatic rings. The molecule has 0 radical (unpaired) electrons. The number of amides is 2. The molecule has 1 heterocycles. The Morgan fingerprint density at radius 1 is 1.28 bits per heavy atom. The third kappa shape index (κ3) is 5.66. The number of carbonyl (C=O) groups is 2. The minimum absolute atomic E-state index is 0.0761. The van der Waals surface area contributed by atoms with Crippen LogP contribution in [0.15, 0.2) is 48.2 Å². The minimum atomic E-state index is -0.549. The number of benzene rings is 2. The molecule has 2 aromatic carbocycles. The Hall–Kier alpha value is -2.90. The van der Waals surface area contributed by atoms with Crippen LogP contribution in [0.3, 0.4) is 0 Å². The first kappa shape index (κ1) is 23.8. The Bertz CT molecular complexity index is 1040. The molecular formula is C24H26ClFN2O4. The normalized spacial score (nSPS) is 16.0. The molecule has 0 saturated heterocycles. The zero-order chi connectivity index (χ0) is 23.3. The highest BCUT2D eigenvalue weighted by Gasteiger charge is 2.31. The second kappa shape index (κ2) is 10.6. The average Bonchev–Trinajstić information content (AvgIpc) is 2.75. The Balaban J connectivity index is 1.85. The summed E-state index contributed by atoms with van der Waals surface area (Å²) in [4.78, 5) is 26.9. The van der Waals surface area contributed by atoms with Crippen LogP contribution >= 0.6 is 11.6 Å². The standard InChI is InChI=1S/C24H26ClFN2O4/c1-15-10-20(25)22(32-9-5-8-31-3)13-21(15)27-24(30)19-14-28(2)23(29)12-18(19)16-6-4-7-17(26)11-16/h4,6-7,10-11,13-14,18H,5,8-9,12H2,1-3H3,(H,27,30). The van der Waals surface area contributed by atoms with E-state index in [2.05, 4.69) is 5.32 Å². The summed E-state index contributed by atoms with van der Waals surface area (Å²) in [5.41, 5.74) is 2.24. The Kier molecular flexibility index (Phi) is 7.88. The van der Waals surface area contributed by atoms with E-state index < -0.39 is 11.7 Å². The predicted molar refractivity (Wildman–Crippen MR) is 121 cm³/mol. The van der Waals surface area contributed by atoms with Crippen molar-refractivity contribution in [1.29, 1.82) is 0 Å². The minimum Gasteiger partial charge on any atom is -0.492 e. The zero-order valence-electron chi connectivity index (χ0n) is 18.3. The van der Waals surface area contributed by atoms with Crippen molar-refractivity contribution in [1.82, 2.24) is 4.90 Å². The van der Waals surface area contributed by atoms with E-state index >= 15 is 0 Å². The van der Waals surface area contributed by atoms with Gasteiger partial charge >= 0.3 is 0 Å². The number of hydrogen-bond donors (Lipinski definition) is 1. The van der Waals surface area contributed by atoms with Crippen molar-refractivity contribution in [2.75, 3.05) is 32.7 Å². The average molecular weight is 461 g/mol. The van der Waals surface area contributed by atoms with Gasteiger partial charge in [0.05, 0.1) is 11.6 Å². The van der Waals surface area contributed by atoms with E-state index in [9.17, 15) is 14.0 Å². The quantitative estimate of drug-likeness (QED) is 0.581. The van der Waals surface area contributed by atoms with Gasteiger partial charge in [0.25, 0.3) is 5.91 Å². The fourth-order valence-corrected chi connectivity index (χ4v) is 3.79. The van der Waals surface area contributed by atoms with Gasteiger partial charge in [0, 0.05) is 63.1 Å². The summed E-state index contributed by atoms with van der Waals surface area (Å²) in [5, 5.41) is 3.34. The van der Waals surface area contributed by atoms with Crippen molar-refractivity contribution in [3.05, 3.63) is 70.1 Å². The number of nitrogens with one attached hydrogen (secondary N) is 1. The van der Waals surface area contributed by atoms with Gasteiger partial charge < -0.3 is 19.7 Å². The lowest BCUT2D eigenvalue weighted by molar-refractivity contribution is -0.128. The maximum atomic E-state index is 13.8. The van der Waals surface area contributed by atoms with E-state index in [1.807, 2.05) is 6.92 Å². The second-order valence-electron chi connectivity index (χ2n) is 7.65. The van der Waals surface area contributed by atoms with Gasteiger partial charge in [0.2, 0.25) is 5.91 Å². The smallest absolute Gasteiger partial charge is 0.253 e. The van der Waals surface area contributed by atoms with Crippen molar-refractivity contribution in [2.45, 2.75) is 25.7 Å². The summed E-state index contributed by atoms with van der Waals surface area (Å²) < 4.78 is 24.5. The SMILES string of the molecule is COCCCOc1cc(NC(=O)C2=CN(C)C(=O)CC2c2cccc(F)c2)c(C)cc1Cl. The van der Waals surface area contributed by atoms with Gasteiger partial charge in [0.15, 0.2) is 0 Å². The second-order valence-corrected chi connectivity index (χ2v) is 8.05. The highest BCUT2D eigenvalue weighted by atomic mass is 35.5. The number of anilines is 1. The molecule has 0 spiro atoms. The molecule has 6 nitrogen and oxygen atoms in total. The van der Waals surface area contributed by atoms with Crippen LogP contribution in [0.4, 0.5) is 10.1 Å². The van der Waals surface area contributed by atoms with Crippen LogP contribution in [0.5, 0.6) is 5.75 Å². The maximum Gasteiger partial charge on any atom is 0.253 e. The predicted octanol–water partition coefficient (Wildman–Crippen LogP) is 4.67. The van der Waals surface area contributed by atoms with Crippen LogP contribution in [0, 0.1) is 12.7 Å². The molecule has 1 aliphatic rings. The molecule has 0 bridgehead atoms. The maximum absolute atomic E-state index is 13.8. The molecule has 170 valence electrons. The third-order valence-corrected chi connectivity index (χ3v) is 5.57. The lowest BCUT2D eigenvalue weighted by Gasteiger charge is -2.28. The van der Waals surface area contributed by atoms with Gasteiger partial charge in [0.1, 0.15) is 11.6 Å². The van der Waals surface area contributed by atoms with Gasteiger partial charge in [-0.1, -0.05) is 23.7 Å². The van der Waals surface area contributed by atoms with E-state index in [-0.39, 0.29) is 18.2 Å². The van der Waals surface area contributed by atoms with Crippen molar-refractivity contribution in [2.24, 2.45) is 0 Å². The Morgan fingerprint density at radius 2 is 2.06 bits per heavy atom. The van der Waals surface area contributed by atoms with Crippen LogP contribution in [-0.4, -0.2) is 44.1 Å². The highest BCUT2D eigenvalue weighted by molar-refractivity contribution is 6.32. The largest absolute Gasteiger partial charge is 0.492 e. The lowest BCUT2D eigenvalue weighted by atomic mass is 9.85. The fraction of sp³-hybridized carbons (Fsp3) is 0.333. The summed E-state index contributed by atoms with van der Waals surface area (Å²) >= 11 is 6.29. The zero-order valence-corrected chi connectivity index (χ0v) is 19.0. The Labute approximate surface area is 192 Å². The molecule has 3 rings (SSSR count). The summed E-state index contributed by atoms with van der Waals surface area (Å²) in [6.07, 6.45) is 2.28. The molecule has 32 heavy (non-hydrogen) atoms. The molecule has 2 amide bonds. The number of ether oxygens (including phenoxy) is 2. The first-order valence-electron chi connectivity index (χ1n) is 10.3. The van der Waals surface area contributed by atoms with Crippen molar-refractivity contribution < 1.29 is 23.5 Å². The van der Waals surface area contributed by atoms with Gasteiger partial charge in [-0.25, -0.2) is 4.39 Å². The van der Waals surface area contributed by atoms with Crippen molar-refractivity contribution in [3.63, 3.8) is 0 Å². The Morgan fingerprint density at radius 3 is 2.78 bits per heavy atom. The monoisotopic (exact) mass is 460 g/mol. The van der Waals surface area contributed by atoms with Crippen molar-refractivity contribution >= 4 is 29.1 Å². The van der Waals surface area contributed by atoms with E-state index in [4.69, 9.17) is 21.1 Å². The summed E-state index contributed by atoms with van der Waals surface area (Å²) in [5.74, 6) is -1.04. The van der Waals surface area contributed by atoms with E-state index in [0.29, 0.717) is 47.2 Å². The number of aryl methyl sites for hydroxylation is 1. The number of rotatable bonds is 8. The van der Waals surface area contributed by atoms with Crippen LogP contribution < -0.4 is 10.1 Å². The number of nitrogens with zero attached hydrogens (tertiary/aromatic N) is 1. The van der Waals surface area contributed by atoms with Crippen LogP contribution in [0.2, 0.25) is 5.02 Å². The molecule has 8 heteroatoms. The first-order valence-corrected chi connectivity index (χ1v) is 10.6. The number of methoxy groups -OCH3 is 1. The van der Waals surface area contributed by atoms with Gasteiger partial charge in [-0.15, -0.1) is 0 Å². The number of halogens is 2. The van der Waals surface area contributed by atoms with Crippen LogP contribution in [0.1, 0.15) is 29.9 Å². The molecule has 0 aromatic heterocycles.